The van der Waals surface area contributed by atoms with Gasteiger partial charge in [-0.3, -0.25) is 0 Å². The molecule has 28 heavy (non-hydrogen) atoms. The van der Waals surface area contributed by atoms with Crippen LogP contribution in [0.2, 0.25) is 6.04 Å². The fraction of sp³-hybridized carbons (Fsp3) is 1.00. The molecule has 4 nitrogen and oxygen atoms in total. The third-order valence-electron chi connectivity index (χ3n) is 6.94. The van der Waals surface area contributed by atoms with E-state index in [0.717, 1.165) is 52.1 Å². The first-order valence-electron chi connectivity index (χ1n) is 12.1. The van der Waals surface area contributed by atoms with Crippen molar-refractivity contribution in [2.24, 2.45) is 5.41 Å². The maximum absolute atomic E-state index is 6.61. The molecule has 170 valence electrons. The van der Waals surface area contributed by atoms with Gasteiger partial charge in [-0.25, -0.2) is 0 Å². The van der Waals surface area contributed by atoms with Gasteiger partial charge in [0.1, 0.15) is 0 Å². The molecule has 0 radical (unpaired) electrons. The zero-order valence-corrected chi connectivity index (χ0v) is 22.4. The summed E-state index contributed by atoms with van der Waals surface area (Å²) in [5.41, 5.74) is 0.385. The van der Waals surface area contributed by atoms with Crippen molar-refractivity contribution in [2.75, 3.05) is 58.9 Å². The molecule has 0 aliphatic rings. The molecule has 0 fully saturated rings. The highest BCUT2D eigenvalue weighted by molar-refractivity contribution is 6.27. The summed E-state index contributed by atoms with van der Waals surface area (Å²) < 4.78 is 6.61. The average molecular weight is 416 g/mol. The highest BCUT2D eigenvalue weighted by Gasteiger charge is 2.35. The Morgan fingerprint density at radius 3 is 1.18 bits per heavy atom. The second-order valence-electron chi connectivity index (χ2n) is 8.64. The van der Waals surface area contributed by atoms with Crippen LogP contribution in [0.3, 0.4) is 0 Å². The monoisotopic (exact) mass is 415 g/mol. The van der Waals surface area contributed by atoms with Gasteiger partial charge in [0.25, 0.3) is 0 Å². The first kappa shape index (κ1) is 28.1. The van der Waals surface area contributed by atoms with Gasteiger partial charge in [-0.1, -0.05) is 55.4 Å². The molecular weight excluding hydrogens is 362 g/mol. The van der Waals surface area contributed by atoms with Crippen molar-refractivity contribution in [3.05, 3.63) is 0 Å². The molecule has 0 saturated carbocycles. The standard InChI is InChI=1S/C23H53N3OSi/c1-10-22(9,11-2)27-28-21-23(18-24(12-3)13-4,19-25(14-5)15-6)20-26(16-7)17-8/h10-21,28H2,1-9H3. The van der Waals surface area contributed by atoms with Crippen LogP contribution in [0.5, 0.6) is 0 Å². The van der Waals surface area contributed by atoms with Crippen LogP contribution in [0, 0.1) is 5.41 Å². The molecule has 0 rings (SSSR count). The van der Waals surface area contributed by atoms with E-state index in [4.69, 9.17) is 4.43 Å². The molecule has 0 aromatic rings. The van der Waals surface area contributed by atoms with Crippen LogP contribution in [0.25, 0.3) is 0 Å². The molecule has 0 atom stereocenters. The summed E-state index contributed by atoms with van der Waals surface area (Å²) in [6.45, 7) is 31.1. The van der Waals surface area contributed by atoms with Crippen molar-refractivity contribution in [1.82, 2.24) is 14.7 Å². The van der Waals surface area contributed by atoms with E-state index in [2.05, 4.69) is 77.0 Å². The quantitative estimate of drug-likeness (QED) is 0.314. The Hall–Kier alpha value is 0.0569. The summed E-state index contributed by atoms with van der Waals surface area (Å²) in [5.74, 6) is 0. The molecule has 0 spiro atoms. The van der Waals surface area contributed by atoms with Crippen molar-refractivity contribution in [3.63, 3.8) is 0 Å². The Morgan fingerprint density at radius 1 is 0.607 bits per heavy atom. The minimum absolute atomic E-state index is 0.0809. The summed E-state index contributed by atoms with van der Waals surface area (Å²) in [5, 5.41) is 0. The van der Waals surface area contributed by atoms with E-state index in [1.165, 1.54) is 25.7 Å². The molecule has 0 aromatic carbocycles. The topological polar surface area (TPSA) is 19.0 Å². The van der Waals surface area contributed by atoms with E-state index in [9.17, 15) is 0 Å². The van der Waals surface area contributed by atoms with Gasteiger partial charge in [-0.15, -0.1) is 0 Å². The van der Waals surface area contributed by atoms with Gasteiger partial charge >= 0.3 is 0 Å². The zero-order valence-electron chi connectivity index (χ0n) is 20.9. The Kier molecular flexibility index (Phi) is 15.0. The number of nitrogens with zero attached hydrogens (tertiary/aromatic N) is 3. The average Bonchev–Trinajstić information content (AvgIpc) is 2.73. The molecular formula is C23H53N3OSi. The van der Waals surface area contributed by atoms with Crippen LogP contribution < -0.4 is 0 Å². The second-order valence-corrected chi connectivity index (χ2v) is 9.84. The van der Waals surface area contributed by atoms with Crippen molar-refractivity contribution in [2.45, 2.75) is 86.8 Å². The van der Waals surface area contributed by atoms with Crippen LogP contribution in [-0.2, 0) is 4.43 Å². The van der Waals surface area contributed by atoms with Crippen LogP contribution in [0.15, 0.2) is 0 Å². The predicted molar refractivity (Wildman–Crippen MR) is 129 cm³/mol. The van der Waals surface area contributed by atoms with Gasteiger partial charge < -0.3 is 19.1 Å². The summed E-state index contributed by atoms with van der Waals surface area (Å²) in [4.78, 5) is 7.92. The normalized spacial score (nSPS) is 13.7. The Balaban J connectivity index is 5.63. The predicted octanol–water partition coefficient (Wildman–Crippen LogP) is 4.10. The highest BCUT2D eigenvalue weighted by Crippen LogP contribution is 2.29. The van der Waals surface area contributed by atoms with Crippen molar-refractivity contribution in [1.29, 1.82) is 0 Å². The smallest absolute Gasteiger partial charge is 0.163 e. The second kappa shape index (κ2) is 14.9. The SMILES string of the molecule is CCN(CC)CC(C[SiH2]OC(C)(CC)CC)(CN(CC)CC)CN(CC)CC. The lowest BCUT2D eigenvalue weighted by molar-refractivity contribution is 0.0589. The molecule has 0 unspecified atom stereocenters. The van der Waals surface area contributed by atoms with E-state index in [1.807, 2.05) is 0 Å². The minimum Gasteiger partial charge on any atom is -0.419 e. The van der Waals surface area contributed by atoms with E-state index in [1.54, 1.807) is 0 Å². The van der Waals surface area contributed by atoms with Gasteiger partial charge in [0.15, 0.2) is 9.76 Å². The van der Waals surface area contributed by atoms with E-state index >= 15 is 0 Å². The van der Waals surface area contributed by atoms with Crippen LogP contribution in [0.1, 0.15) is 75.2 Å². The highest BCUT2D eigenvalue weighted by atomic mass is 28.2. The van der Waals surface area contributed by atoms with Crippen molar-refractivity contribution >= 4 is 9.76 Å². The summed E-state index contributed by atoms with van der Waals surface area (Å²) in [6.07, 6.45) is 2.23. The fourth-order valence-electron chi connectivity index (χ4n) is 4.12. The van der Waals surface area contributed by atoms with Crippen LogP contribution >= 0.6 is 0 Å². The van der Waals surface area contributed by atoms with Crippen molar-refractivity contribution < 1.29 is 4.43 Å². The zero-order chi connectivity index (χ0) is 21.6. The Labute approximate surface area is 180 Å². The largest absolute Gasteiger partial charge is 0.419 e. The molecule has 0 aliphatic carbocycles. The third-order valence-corrected chi connectivity index (χ3v) is 9.10. The third kappa shape index (κ3) is 9.71. The van der Waals surface area contributed by atoms with Gasteiger partial charge in [0, 0.05) is 25.0 Å². The van der Waals surface area contributed by atoms with Crippen molar-refractivity contribution in [3.8, 4) is 0 Å². The molecule has 0 aromatic heterocycles. The summed E-state index contributed by atoms with van der Waals surface area (Å²) in [6, 6.07) is 1.27. The maximum atomic E-state index is 6.61. The molecule has 0 N–H and O–H groups in total. The van der Waals surface area contributed by atoms with E-state index in [0.29, 0.717) is 5.41 Å². The Bertz CT molecular complexity index is 329. The number of rotatable bonds is 18. The lowest BCUT2D eigenvalue weighted by Gasteiger charge is -2.44. The van der Waals surface area contributed by atoms with Gasteiger partial charge in [-0.05, 0) is 65.1 Å². The molecule has 0 heterocycles. The van der Waals surface area contributed by atoms with Gasteiger partial charge in [0.05, 0.1) is 5.60 Å². The van der Waals surface area contributed by atoms with Crippen LogP contribution in [0.4, 0.5) is 0 Å². The summed E-state index contributed by atoms with van der Waals surface area (Å²) >= 11 is 0. The molecule has 0 amide bonds. The first-order chi connectivity index (χ1) is 13.3. The first-order valence-corrected chi connectivity index (χ1v) is 13.7. The number of hydrogen-bond donors (Lipinski definition) is 0. The lowest BCUT2D eigenvalue weighted by atomic mass is 9.87. The Morgan fingerprint density at radius 2 is 0.929 bits per heavy atom. The minimum atomic E-state index is -0.574. The van der Waals surface area contributed by atoms with E-state index in [-0.39, 0.29) is 5.60 Å². The molecule has 0 aliphatic heterocycles. The molecule has 0 saturated heterocycles. The maximum Gasteiger partial charge on any atom is 0.163 e. The lowest BCUT2D eigenvalue weighted by Crippen LogP contribution is -2.52. The number of hydrogen-bond acceptors (Lipinski definition) is 4. The fourth-order valence-corrected chi connectivity index (χ4v) is 6.03. The van der Waals surface area contributed by atoms with Crippen LogP contribution in [-0.4, -0.2) is 89.0 Å². The summed E-state index contributed by atoms with van der Waals surface area (Å²) in [7, 11) is -0.574. The molecule has 0 bridgehead atoms. The van der Waals surface area contributed by atoms with E-state index < -0.39 is 9.76 Å². The van der Waals surface area contributed by atoms with Gasteiger partial charge in [0.2, 0.25) is 0 Å². The molecule has 5 heteroatoms. The van der Waals surface area contributed by atoms with Gasteiger partial charge in [-0.2, -0.15) is 0 Å².